The number of hydrogen-bond acceptors (Lipinski definition) is 3. The van der Waals surface area contributed by atoms with Crippen LogP contribution in [0, 0.1) is 5.92 Å². The average Bonchev–Trinajstić information content (AvgIpc) is 3.30. The Kier molecular flexibility index (Phi) is 4.71. The second kappa shape index (κ2) is 6.39. The van der Waals surface area contributed by atoms with Gasteiger partial charge in [-0.2, -0.15) is 5.10 Å². The van der Waals surface area contributed by atoms with Crippen molar-refractivity contribution in [1.29, 1.82) is 0 Å². The van der Waals surface area contributed by atoms with Gasteiger partial charge in [0.2, 0.25) is 0 Å². The smallest absolute Gasteiger partial charge is 0.0767 e. The van der Waals surface area contributed by atoms with Gasteiger partial charge in [0.1, 0.15) is 0 Å². The molecule has 1 aliphatic carbocycles. The van der Waals surface area contributed by atoms with Crippen LogP contribution in [-0.4, -0.2) is 39.9 Å². The average molecular weight is 355 g/mol. The molecule has 0 radical (unpaired) electrons. The van der Waals surface area contributed by atoms with Crippen LogP contribution < -0.4 is 5.32 Å². The molecule has 2 unspecified atom stereocenters. The zero-order chi connectivity index (χ0) is 15.0. The molecule has 2 heterocycles. The van der Waals surface area contributed by atoms with Crippen molar-refractivity contribution in [3.8, 4) is 0 Å². The Hall–Kier alpha value is -0.390. The van der Waals surface area contributed by atoms with E-state index >= 15 is 0 Å². The Morgan fingerprint density at radius 1 is 1.33 bits per heavy atom. The van der Waals surface area contributed by atoms with Gasteiger partial charge in [0.15, 0.2) is 0 Å². The molecule has 21 heavy (non-hydrogen) atoms. The van der Waals surface area contributed by atoms with Crippen LogP contribution in [0.15, 0.2) is 4.47 Å². The number of aromatic nitrogens is 2. The van der Waals surface area contributed by atoms with E-state index in [1.54, 1.807) is 0 Å². The number of aryl methyl sites for hydroxylation is 2. The summed E-state index contributed by atoms with van der Waals surface area (Å²) in [6.45, 7) is 7.79. The third-order valence-corrected chi connectivity index (χ3v) is 6.00. The van der Waals surface area contributed by atoms with E-state index < -0.39 is 0 Å². The summed E-state index contributed by atoms with van der Waals surface area (Å²) in [4.78, 5) is 2.67. The lowest BCUT2D eigenvalue weighted by Crippen LogP contribution is -2.56. The van der Waals surface area contributed by atoms with Gasteiger partial charge in [-0.1, -0.05) is 13.8 Å². The maximum absolute atomic E-state index is 4.64. The minimum atomic E-state index is 0.645. The second-order valence-electron chi connectivity index (χ2n) is 6.53. The van der Waals surface area contributed by atoms with Crippen LogP contribution >= 0.6 is 15.9 Å². The molecule has 1 aliphatic heterocycles. The second-order valence-corrected chi connectivity index (χ2v) is 7.32. The number of halogens is 1. The summed E-state index contributed by atoms with van der Waals surface area (Å²) in [5, 5.41) is 8.41. The number of nitrogens with one attached hydrogen (secondary N) is 1. The van der Waals surface area contributed by atoms with Crippen molar-refractivity contribution in [3.63, 3.8) is 0 Å². The van der Waals surface area contributed by atoms with Crippen LogP contribution in [-0.2, 0) is 20.0 Å². The van der Waals surface area contributed by atoms with Crippen LogP contribution in [0.4, 0.5) is 0 Å². The number of hydrogen-bond donors (Lipinski definition) is 1. The van der Waals surface area contributed by atoms with Gasteiger partial charge in [0.25, 0.3) is 0 Å². The predicted octanol–water partition coefficient (Wildman–Crippen LogP) is 2.71. The van der Waals surface area contributed by atoms with E-state index in [0.717, 1.165) is 25.4 Å². The van der Waals surface area contributed by atoms with Crippen molar-refractivity contribution in [2.45, 2.75) is 58.2 Å². The summed E-state index contributed by atoms with van der Waals surface area (Å²) in [6.07, 6.45) is 5.02. The van der Waals surface area contributed by atoms with Gasteiger partial charge in [-0.3, -0.25) is 9.58 Å². The molecule has 0 amide bonds. The van der Waals surface area contributed by atoms with Gasteiger partial charge in [-0.15, -0.1) is 0 Å². The van der Waals surface area contributed by atoms with Crippen LogP contribution in [0.2, 0.25) is 0 Å². The molecule has 0 spiro atoms. The van der Waals surface area contributed by atoms with Crippen molar-refractivity contribution in [2.75, 3.05) is 13.1 Å². The zero-order valence-electron chi connectivity index (χ0n) is 13.4. The molecule has 1 N–H and O–H groups in total. The molecular weight excluding hydrogens is 328 g/mol. The highest BCUT2D eigenvalue weighted by Gasteiger charge is 2.37. The van der Waals surface area contributed by atoms with Gasteiger partial charge >= 0.3 is 0 Å². The molecule has 1 saturated carbocycles. The summed E-state index contributed by atoms with van der Waals surface area (Å²) in [5.74, 6) is 0.923. The van der Waals surface area contributed by atoms with Crippen LogP contribution in [0.5, 0.6) is 0 Å². The Bertz CT molecular complexity index is 495. The van der Waals surface area contributed by atoms with Gasteiger partial charge in [-0.05, 0) is 47.5 Å². The minimum absolute atomic E-state index is 0.645. The standard InChI is InChI=1S/C16H27BrN4/c1-4-12-8-18-14(11-6-7-11)9-21(12)10-15-16(17)13(5-2)19-20(15)3/h11-12,14,18H,4-10H2,1-3H3. The van der Waals surface area contributed by atoms with E-state index in [0.29, 0.717) is 12.1 Å². The molecule has 1 saturated heterocycles. The molecular formula is C16H27BrN4. The molecule has 1 aromatic rings. The first-order chi connectivity index (χ1) is 10.1. The maximum atomic E-state index is 4.64. The SMILES string of the molecule is CCc1nn(C)c(CN2CC(C3CC3)NCC2CC)c1Br. The van der Waals surface area contributed by atoms with E-state index in [9.17, 15) is 0 Å². The molecule has 5 heteroatoms. The summed E-state index contributed by atoms with van der Waals surface area (Å²) in [5.41, 5.74) is 2.50. The van der Waals surface area contributed by atoms with Gasteiger partial charge < -0.3 is 5.32 Å². The van der Waals surface area contributed by atoms with Crippen molar-refractivity contribution < 1.29 is 0 Å². The van der Waals surface area contributed by atoms with Crippen LogP contribution in [0.1, 0.15) is 44.5 Å². The predicted molar refractivity (Wildman–Crippen MR) is 89.3 cm³/mol. The summed E-state index contributed by atoms with van der Waals surface area (Å²) in [7, 11) is 2.07. The molecule has 2 aliphatic rings. The number of piperazine rings is 1. The van der Waals surface area contributed by atoms with Crippen LogP contribution in [0.25, 0.3) is 0 Å². The highest BCUT2D eigenvalue weighted by molar-refractivity contribution is 9.10. The fraction of sp³-hybridized carbons (Fsp3) is 0.812. The van der Waals surface area contributed by atoms with E-state index in [4.69, 9.17) is 0 Å². The Morgan fingerprint density at radius 3 is 2.67 bits per heavy atom. The first-order valence-electron chi connectivity index (χ1n) is 8.31. The summed E-state index contributed by atoms with van der Waals surface area (Å²) in [6, 6.07) is 1.34. The van der Waals surface area contributed by atoms with Gasteiger partial charge in [0, 0.05) is 38.8 Å². The van der Waals surface area contributed by atoms with E-state index in [-0.39, 0.29) is 0 Å². The first-order valence-corrected chi connectivity index (χ1v) is 9.11. The molecule has 2 fully saturated rings. The zero-order valence-corrected chi connectivity index (χ0v) is 15.0. The normalized spacial score (nSPS) is 27.2. The van der Waals surface area contributed by atoms with Crippen molar-refractivity contribution in [3.05, 3.63) is 15.9 Å². The Morgan fingerprint density at radius 2 is 2.10 bits per heavy atom. The molecule has 3 rings (SSSR count). The van der Waals surface area contributed by atoms with E-state index in [2.05, 4.69) is 56.8 Å². The first kappa shape index (κ1) is 15.5. The summed E-state index contributed by atoms with van der Waals surface area (Å²) < 4.78 is 3.27. The van der Waals surface area contributed by atoms with Gasteiger partial charge in [-0.25, -0.2) is 0 Å². The quantitative estimate of drug-likeness (QED) is 0.882. The van der Waals surface area contributed by atoms with E-state index in [1.165, 1.54) is 41.7 Å². The minimum Gasteiger partial charge on any atom is -0.311 e. The molecule has 0 aromatic carbocycles. The maximum Gasteiger partial charge on any atom is 0.0767 e. The Labute approximate surface area is 136 Å². The monoisotopic (exact) mass is 354 g/mol. The lowest BCUT2D eigenvalue weighted by Gasteiger charge is -2.40. The molecule has 0 bridgehead atoms. The third kappa shape index (κ3) is 3.20. The van der Waals surface area contributed by atoms with Crippen LogP contribution in [0.3, 0.4) is 0 Å². The fourth-order valence-electron chi connectivity index (χ4n) is 3.48. The molecule has 4 nitrogen and oxygen atoms in total. The highest BCUT2D eigenvalue weighted by atomic mass is 79.9. The Balaban J connectivity index is 1.75. The third-order valence-electron chi connectivity index (χ3n) is 5.08. The number of rotatable bonds is 5. The lowest BCUT2D eigenvalue weighted by atomic mass is 10.0. The van der Waals surface area contributed by atoms with E-state index in [1.807, 2.05) is 0 Å². The van der Waals surface area contributed by atoms with Crippen molar-refractivity contribution >= 4 is 15.9 Å². The molecule has 2 atom stereocenters. The lowest BCUT2D eigenvalue weighted by molar-refractivity contribution is 0.109. The topological polar surface area (TPSA) is 33.1 Å². The van der Waals surface area contributed by atoms with Crippen molar-refractivity contribution in [2.24, 2.45) is 13.0 Å². The highest BCUT2D eigenvalue weighted by Crippen LogP contribution is 2.35. The molecule has 1 aromatic heterocycles. The fourth-order valence-corrected chi connectivity index (χ4v) is 4.22. The van der Waals surface area contributed by atoms with Gasteiger partial charge in [0.05, 0.1) is 15.9 Å². The molecule has 118 valence electrons. The van der Waals surface area contributed by atoms with Crippen molar-refractivity contribution in [1.82, 2.24) is 20.0 Å². The number of nitrogens with zero attached hydrogens (tertiary/aromatic N) is 3. The largest absolute Gasteiger partial charge is 0.311 e. The summed E-state index contributed by atoms with van der Waals surface area (Å²) >= 11 is 3.76.